The third kappa shape index (κ3) is 3.63. The molecule has 1 saturated carbocycles. The van der Waals surface area contributed by atoms with Gasteiger partial charge >= 0.3 is 5.97 Å². The molecule has 1 heterocycles. The number of hydrogen-bond acceptors (Lipinski definition) is 3. The Kier molecular flexibility index (Phi) is 5.82. The predicted octanol–water partition coefficient (Wildman–Crippen LogP) is 5.03. The molecular weight excluding hydrogens is 428 g/mol. The highest BCUT2D eigenvalue weighted by Crippen LogP contribution is 2.52. The van der Waals surface area contributed by atoms with Crippen molar-refractivity contribution in [3.63, 3.8) is 0 Å². The maximum Gasteiger partial charge on any atom is 0.303 e. The third-order valence-corrected chi connectivity index (χ3v) is 7.33. The van der Waals surface area contributed by atoms with Crippen LogP contribution in [0, 0.1) is 5.92 Å². The highest BCUT2D eigenvalue weighted by atomic mass is 16.4. The number of fused-ring (bicyclic) bond motifs is 3. The summed E-state index contributed by atoms with van der Waals surface area (Å²) in [5.41, 5.74) is 2.49. The van der Waals surface area contributed by atoms with Crippen LogP contribution in [-0.4, -0.2) is 40.4 Å². The Labute approximate surface area is 198 Å². The van der Waals surface area contributed by atoms with E-state index in [1.807, 2.05) is 83.5 Å². The molecule has 0 saturated heterocycles. The van der Waals surface area contributed by atoms with Crippen molar-refractivity contribution in [1.29, 1.82) is 0 Å². The van der Waals surface area contributed by atoms with Crippen molar-refractivity contribution in [1.82, 2.24) is 4.90 Å². The first-order chi connectivity index (χ1) is 16.5. The minimum atomic E-state index is -0.971. The lowest BCUT2D eigenvalue weighted by Gasteiger charge is -2.55. The van der Waals surface area contributed by atoms with Gasteiger partial charge in [0.1, 0.15) is 0 Å². The second kappa shape index (κ2) is 8.93. The van der Waals surface area contributed by atoms with Crippen molar-refractivity contribution >= 4 is 34.2 Å². The summed E-state index contributed by atoms with van der Waals surface area (Å²) >= 11 is 0. The van der Waals surface area contributed by atoms with Crippen LogP contribution in [0.1, 0.15) is 54.6 Å². The molecular formula is C28H28N2O4. The van der Waals surface area contributed by atoms with Crippen molar-refractivity contribution in [3.8, 4) is 0 Å². The van der Waals surface area contributed by atoms with E-state index in [0.717, 1.165) is 34.9 Å². The average Bonchev–Trinajstić information content (AvgIpc) is 2.83. The summed E-state index contributed by atoms with van der Waals surface area (Å²) in [6.45, 7) is 2.43. The minimum absolute atomic E-state index is 0.00712. The standard InChI is InChI=1S/C28H28N2O4/c1-2-29(25(31)16-17-26(32)33)27-21-11-5-6-13-23(21)30(24-15-14-22(24)27)28(34)20-12-7-9-18-8-3-4-10-19(18)20/h3-13,22,24,27H,2,14-17H2,1H3,(H,32,33). The topological polar surface area (TPSA) is 77.9 Å². The number of rotatable bonds is 6. The van der Waals surface area contributed by atoms with E-state index >= 15 is 0 Å². The smallest absolute Gasteiger partial charge is 0.303 e. The number of nitrogens with zero attached hydrogens (tertiary/aromatic N) is 2. The molecule has 3 aromatic rings. The molecule has 2 amide bonds. The first-order valence-electron chi connectivity index (χ1n) is 11.9. The second-order valence-electron chi connectivity index (χ2n) is 9.09. The monoisotopic (exact) mass is 456 g/mol. The number of aliphatic carboxylic acids is 1. The Hall–Kier alpha value is -3.67. The van der Waals surface area contributed by atoms with Gasteiger partial charge in [-0.2, -0.15) is 0 Å². The van der Waals surface area contributed by atoms with Crippen LogP contribution in [0.3, 0.4) is 0 Å². The Morgan fingerprint density at radius 2 is 1.68 bits per heavy atom. The Morgan fingerprint density at radius 3 is 2.41 bits per heavy atom. The van der Waals surface area contributed by atoms with Gasteiger partial charge in [0, 0.05) is 36.2 Å². The van der Waals surface area contributed by atoms with Crippen molar-refractivity contribution in [3.05, 3.63) is 77.9 Å². The van der Waals surface area contributed by atoms with E-state index in [2.05, 4.69) is 0 Å². The van der Waals surface area contributed by atoms with Crippen LogP contribution < -0.4 is 4.90 Å². The van der Waals surface area contributed by atoms with Crippen LogP contribution in [0.25, 0.3) is 10.8 Å². The zero-order valence-corrected chi connectivity index (χ0v) is 19.2. The van der Waals surface area contributed by atoms with Crippen LogP contribution in [0.2, 0.25) is 0 Å². The number of benzene rings is 3. The average molecular weight is 457 g/mol. The SMILES string of the molecule is CCN(C(=O)CCC(=O)O)C1c2ccccc2N(C(=O)c2cccc3ccccc23)C2CCC12. The van der Waals surface area contributed by atoms with Gasteiger partial charge in [-0.25, -0.2) is 0 Å². The fourth-order valence-electron chi connectivity index (χ4n) is 5.65. The van der Waals surface area contributed by atoms with E-state index in [1.165, 1.54) is 0 Å². The number of carbonyl (C=O) groups excluding carboxylic acids is 2. The molecule has 3 aromatic carbocycles. The zero-order valence-electron chi connectivity index (χ0n) is 19.2. The van der Waals surface area contributed by atoms with E-state index in [0.29, 0.717) is 12.1 Å². The molecule has 0 bridgehead atoms. The normalized spacial score (nSPS) is 20.7. The summed E-state index contributed by atoms with van der Waals surface area (Å²) in [4.78, 5) is 41.8. The first kappa shape index (κ1) is 22.1. The highest BCUT2D eigenvalue weighted by Gasteiger charge is 2.51. The quantitative estimate of drug-likeness (QED) is 0.564. The van der Waals surface area contributed by atoms with Crippen LogP contribution in [-0.2, 0) is 9.59 Å². The number of carboxylic acids is 1. The molecule has 1 N–H and O–H groups in total. The molecule has 1 aliphatic carbocycles. The van der Waals surface area contributed by atoms with Crippen LogP contribution >= 0.6 is 0 Å². The van der Waals surface area contributed by atoms with Crippen molar-refractivity contribution < 1.29 is 19.5 Å². The number of hydrogen-bond donors (Lipinski definition) is 1. The molecule has 3 atom stereocenters. The lowest BCUT2D eigenvalue weighted by Crippen LogP contribution is -2.58. The molecule has 3 unspecified atom stereocenters. The summed E-state index contributed by atoms with van der Waals surface area (Å²) in [7, 11) is 0. The molecule has 1 fully saturated rings. The summed E-state index contributed by atoms with van der Waals surface area (Å²) in [5, 5.41) is 11.0. The maximum atomic E-state index is 14.0. The van der Waals surface area contributed by atoms with Crippen molar-refractivity contribution in [2.75, 3.05) is 11.4 Å². The highest BCUT2D eigenvalue weighted by molar-refractivity contribution is 6.15. The van der Waals surface area contributed by atoms with Crippen LogP contribution in [0.4, 0.5) is 5.69 Å². The molecule has 2 aliphatic rings. The number of carboxylic acid groups (broad SMARTS) is 1. The Balaban J connectivity index is 1.55. The molecule has 174 valence electrons. The fraction of sp³-hybridized carbons (Fsp3) is 0.321. The number of para-hydroxylation sites is 1. The van der Waals surface area contributed by atoms with E-state index < -0.39 is 5.97 Å². The van der Waals surface area contributed by atoms with Gasteiger partial charge in [-0.1, -0.05) is 54.6 Å². The lowest BCUT2D eigenvalue weighted by atomic mass is 9.67. The largest absolute Gasteiger partial charge is 0.481 e. The van der Waals surface area contributed by atoms with Gasteiger partial charge < -0.3 is 14.9 Å². The minimum Gasteiger partial charge on any atom is -0.481 e. The summed E-state index contributed by atoms with van der Waals surface area (Å²) in [5.74, 6) is -1.01. The molecule has 0 spiro atoms. The van der Waals surface area contributed by atoms with Crippen molar-refractivity contribution in [2.24, 2.45) is 5.92 Å². The molecule has 1 aliphatic heterocycles. The first-order valence-corrected chi connectivity index (χ1v) is 11.9. The van der Waals surface area contributed by atoms with E-state index in [-0.39, 0.29) is 42.7 Å². The molecule has 34 heavy (non-hydrogen) atoms. The fourth-order valence-corrected chi connectivity index (χ4v) is 5.65. The van der Waals surface area contributed by atoms with Gasteiger partial charge in [0.15, 0.2) is 0 Å². The van der Waals surface area contributed by atoms with Gasteiger partial charge in [-0.05, 0) is 48.2 Å². The summed E-state index contributed by atoms with van der Waals surface area (Å²) < 4.78 is 0. The van der Waals surface area contributed by atoms with E-state index in [1.54, 1.807) is 0 Å². The number of amides is 2. The molecule has 6 nitrogen and oxygen atoms in total. The van der Waals surface area contributed by atoms with Crippen LogP contribution in [0.5, 0.6) is 0 Å². The van der Waals surface area contributed by atoms with Gasteiger partial charge in [-0.15, -0.1) is 0 Å². The number of anilines is 1. The second-order valence-corrected chi connectivity index (χ2v) is 9.09. The Bertz CT molecular complexity index is 1260. The van der Waals surface area contributed by atoms with Gasteiger partial charge in [0.25, 0.3) is 5.91 Å². The third-order valence-electron chi connectivity index (χ3n) is 7.33. The number of carbonyl (C=O) groups is 3. The molecule has 6 heteroatoms. The molecule has 0 radical (unpaired) electrons. The van der Waals surface area contributed by atoms with E-state index in [9.17, 15) is 14.4 Å². The van der Waals surface area contributed by atoms with Crippen LogP contribution in [0.15, 0.2) is 66.7 Å². The predicted molar refractivity (Wildman–Crippen MR) is 131 cm³/mol. The Morgan fingerprint density at radius 1 is 0.941 bits per heavy atom. The van der Waals surface area contributed by atoms with E-state index in [4.69, 9.17) is 5.11 Å². The van der Waals surface area contributed by atoms with Crippen molar-refractivity contribution in [2.45, 2.75) is 44.7 Å². The van der Waals surface area contributed by atoms with Gasteiger partial charge in [-0.3, -0.25) is 14.4 Å². The molecule has 0 aromatic heterocycles. The zero-order chi connectivity index (χ0) is 23.8. The molecule has 5 rings (SSSR count). The van der Waals surface area contributed by atoms with Gasteiger partial charge in [0.05, 0.1) is 12.5 Å². The summed E-state index contributed by atoms with van der Waals surface area (Å²) in [6.07, 6.45) is 1.61. The summed E-state index contributed by atoms with van der Waals surface area (Å²) in [6, 6.07) is 21.5. The van der Waals surface area contributed by atoms with Gasteiger partial charge in [0.2, 0.25) is 5.91 Å². The lowest BCUT2D eigenvalue weighted by molar-refractivity contribution is -0.142. The maximum absolute atomic E-state index is 14.0.